The highest BCUT2D eigenvalue weighted by Gasteiger charge is 2.10. The van der Waals surface area contributed by atoms with Crippen molar-refractivity contribution in [2.45, 2.75) is 200 Å². The molecule has 0 N–H and O–H groups in total. The molecular weight excluding hydrogens is 568 g/mol. The molecule has 0 rings (SSSR count). The Labute approximate surface area is 289 Å². The van der Waals surface area contributed by atoms with Crippen LogP contribution in [0, 0.1) is 0 Å². The number of unbranched alkanes of at least 4 members (excludes halogenated alkanes) is 24. The predicted octanol–water partition coefficient (Wildman–Crippen LogP) is 13.1. The maximum atomic E-state index is 6.17. The molecular formula is C42H82O4. The minimum atomic E-state index is 0.0223. The van der Waals surface area contributed by atoms with E-state index in [-0.39, 0.29) is 6.10 Å². The number of ether oxygens (including phenoxy) is 4. The Morgan fingerprint density at radius 1 is 0.370 bits per heavy atom. The van der Waals surface area contributed by atoms with Crippen LogP contribution in [0.25, 0.3) is 0 Å². The molecule has 0 aromatic heterocycles. The lowest BCUT2D eigenvalue weighted by Gasteiger charge is -2.18. The highest BCUT2D eigenvalue weighted by Crippen LogP contribution is 2.12. The predicted molar refractivity (Wildman–Crippen MR) is 202 cm³/mol. The second-order valence-corrected chi connectivity index (χ2v) is 13.5. The van der Waals surface area contributed by atoms with E-state index in [9.17, 15) is 0 Å². The van der Waals surface area contributed by atoms with Gasteiger partial charge in [-0.25, -0.2) is 0 Å². The van der Waals surface area contributed by atoms with Crippen molar-refractivity contribution < 1.29 is 18.9 Å². The van der Waals surface area contributed by atoms with Crippen LogP contribution >= 0.6 is 0 Å². The molecule has 4 nitrogen and oxygen atoms in total. The number of methoxy groups -OCH3 is 1. The van der Waals surface area contributed by atoms with Crippen LogP contribution in [0.3, 0.4) is 0 Å². The minimum Gasteiger partial charge on any atom is -0.382 e. The van der Waals surface area contributed by atoms with Crippen molar-refractivity contribution >= 4 is 0 Å². The van der Waals surface area contributed by atoms with Crippen molar-refractivity contribution in [1.29, 1.82) is 0 Å². The zero-order chi connectivity index (χ0) is 33.3. The van der Waals surface area contributed by atoms with Crippen molar-refractivity contribution in [3.8, 4) is 0 Å². The molecule has 0 aromatic rings. The van der Waals surface area contributed by atoms with Gasteiger partial charge in [0.15, 0.2) is 0 Å². The molecule has 0 spiro atoms. The summed E-state index contributed by atoms with van der Waals surface area (Å²) in [6.07, 6.45) is 46.9. The summed E-state index contributed by atoms with van der Waals surface area (Å²) in [5.41, 5.74) is 0. The second-order valence-electron chi connectivity index (χ2n) is 13.5. The van der Waals surface area contributed by atoms with E-state index in [4.69, 9.17) is 18.9 Å². The lowest BCUT2D eigenvalue weighted by molar-refractivity contribution is -0.0663. The smallest absolute Gasteiger partial charge is 0.104 e. The molecule has 1 atom stereocenters. The standard InChI is InChI=1S/C42H82O4/c1-4-6-8-10-12-14-16-18-20-22-24-26-28-30-32-34-36-44-40-42(41-45-39-38-43-3)46-37-35-33-31-29-27-25-23-21-19-17-15-13-11-9-7-5-2/h18-21,42H,4-17,22-41H2,1-3H3/b20-18-,21-19-. The fourth-order valence-corrected chi connectivity index (χ4v) is 5.77. The maximum absolute atomic E-state index is 6.17. The number of rotatable bonds is 40. The average molecular weight is 651 g/mol. The normalized spacial score (nSPS) is 12.7. The van der Waals surface area contributed by atoms with Gasteiger partial charge in [0.05, 0.1) is 26.4 Å². The quantitative estimate of drug-likeness (QED) is 0.0488. The number of allylic oxidation sites excluding steroid dienone is 4. The zero-order valence-electron chi connectivity index (χ0n) is 31.6. The van der Waals surface area contributed by atoms with E-state index < -0.39 is 0 Å². The molecule has 0 amide bonds. The fourth-order valence-electron chi connectivity index (χ4n) is 5.77. The molecule has 46 heavy (non-hydrogen) atoms. The van der Waals surface area contributed by atoms with Crippen LogP contribution in [0.5, 0.6) is 0 Å². The van der Waals surface area contributed by atoms with Crippen molar-refractivity contribution in [2.75, 3.05) is 46.8 Å². The van der Waals surface area contributed by atoms with Crippen LogP contribution in [0.1, 0.15) is 194 Å². The third-order valence-electron chi connectivity index (χ3n) is 8.85. The van der Waals surface area contributed by atoms with Crippen LogP contribution in [0.2, 0.25) is 0 Å². The van der Waals surface area contributed by atoms with Crippen molar-refractivity contribution in [2.24, 2.45) is 0 Å². The van der Waals surface area contributed by atoms with Gasteiger partial charge in [-0.05, 0) is 64.2 Å². The SMILES string of the molecule is CCCCCCCC/C=C\CCCCCCCCOCC(COCCOC)OCCCCCCCC/C=C\CCCCCCCC. The molecule has 1 unspecified atom stereocenters. The van der Waals surface area contributed by atoms with Crippen LogP contribution in [-0.2, 0) is 18.9 Å². The molecule has 0 aliphatic heterocycles. The first-order chi connectivity index (χ1) is 22.8. The molecule has 0 saturated carbocycles. The first-order valence-electron chi connectivity index (χ1n) is 20.4. The van der Waals surface area contributed by atoms with E-state index in [2.05, 4.69) is 38.2 Å². The Bertz CT molecular complexity index is 590. The topological polar surface area (TPSA) is 36.9 Å². The summed E-state index contributed by atoms with van der Waals surface area (Å²) in [7, 11) is 1.71. The van der Waals surface area contributed by atoms with Gasteiger partial charge in [0.25, 0.3) is 0 Å². The lowest BCUT2D eigenvalue weighted by atomic mass is 10.1. The molecule has 0 heterocycles. The first kappa shape index (κ1) is 45.3. The Morgan fingerprint density at radius 2 is 0.717 bits per heavy atom. The fraction of sp³-hybridized carbons (Fsp3) is 0.905. The van der Waals surface area contributed by atoms with Gasteiger partial charge in [-0.1, -0.05) is 154 Å². The van der Waals surface area contributed by atoms with E-state index >= 15 is 0 Å². The van der Waals surface area contributed by atoms with E-state index in [0.717, 1.165) is 26.1 Å². The molecule has 274 valence electrons. The van der Waals surface area contributed by atoms with E-state index in [0.29, 0.717) is 26.4 Å². The van der Waals surface area contributed by atoms with Gasteiger partial charge in [-0.15, -0.1) is 0 Å². The molecule has 4 heteroatoms. The molecule has 0 aliphatic carbocycles. The van der Waals surface area contributed by atoms with Gasteiger partial charge in [0.1, 0.15) is 6.10 Å². The summed E-state index contributed by atoms with van der Waals surface area (Å²) >= 11 is 0. The van der Waals surface area contributed by atoms with Gasteiger partial charge in [0, 0.05) is 20.3 Å². The monoisotopic (exact) mass is 651 g/mol. The third-order valence-corrected chi connectivity index (χ3v) is 8.85. The minimum absolute atomic E-state index is 0.0223. The van der Waals surface area contributed by atoms with Gasteiger partial charge in [0.2, 0.25) is 0 Å². The van der Waals surface area contributed by atoms with E-state index in [1.165, 1.54) is 167 Å². The van der Waals surface area contributed by atoms with Crippen LogP contribution in [0.15, 0.2) is 24.3 Å². The number of hydrogen-bond donors (Lipinski definition) is 0. The molecule has 0 aliphatic rings. The summed E-state index contributed by atoms with van der Waals surface area (Å²) < 4.78 is 23.1. The Hall–Kier alpha value is -0.680. The van der Waals surface area contributed by atoms with Crippen LogP contribution in [0.4, 0.5) is 0 Å². The second kappa shape index (κ2) is 42.3. The lowest BCUT2D eigenvalue weighted by Crippen LogP contribution is -2.27. The highest BCUT2D eigenvalue weighted by atomic mass is 16.6. The highest BCUT2D eigenvalue weighted by molar-refractivity contribution is 4.82. The molecule has 0 radical (unpaired) electrons. The summed E-state index contributed by atoms with van der Waals surface area (Å²) in [5, 5.41) is 0. The van der Waals surface area contributed by atoms with Gasteiger partial charge < -0.3 is 18.9 Å². The third kappa shape index (κ3) is 39.5. The maximum Gasteiger partial charge on any atom is 0.104 e. The first-order valence-corrected chi connectivity index (χ1v) is 20.4. The van der Waals surface area contributed by atoms with Crippen LogP contribution in [-0.4, -0.2) is 52.9 Å². The van der Waals surface area contributed by atoms with Crippen molar-refractivity contribution in [3.05, 3.63) is 24.3 Å². The van der Waals surface area contributed by atoms with E-state index in [1.54, 1.807) is 7.11 Å². The Balaban J connectivity index is 3.66. The van der Waals surface area contributed by atoms with Gasteiger partial charge >= 0.3 is 0 Å². The van der Waals surface area contributed by atoms with Crippen molar-refractivity contribution in [3.63, 3.8) is 0 Å². The molecule has 0 aromatic carbocycles. The summed E-state index contributed by atoms with van der Waals surface area (Å²) in [5.74, 6) is 0. The Morgan fingerprint density at radius 3 is 1.13 bits per heavy atom. The summed E-state index contributed by atoms with van der Waals surface area (Å²) in [4.78, 5) is 0. The average Bonchev–Trinajstić information content (AvgIpc) is 3.07. The molecule has 0 fully saturated rings. The summed E-state index contributed by atoms with van der Waals surface area (Å²) in [6.45, 7) is 8.65. The molecule has 0 saturated heterocycles. The largest absolute Gasteiger partial charge is 0.382 e. The van der Waals surface area contributed by atoms with Crippen molar-refractivity contribution in [1.82, 2.24) is 0 Å². The zero-order valence-corrected chi connectivity index (χ0v) is 31.6. The number of hydrogen-bond acceptors (Lipinski definition) is 4. The summed E-state index contributed by atoms with van der Waals surface area (Å²) in [6, 6.07) is 0. The van der Waals surface area contributed by atoms with Crippen LogP contribution < -0.4 is 0 Å². The van der Waals surface area contributed by atoms with Gasteiger partial charge in [-0.2, -0.15) is 0 Å². The Kier molecular flexibility index (Phi) is 41.7. The van der Waals surface area contributed by atoms with Gasteiger partial charge in [-0.3, -0.25) is 0 Å². The van der Waals surface area contributed by atoms with E-state index in [1.807, 2.05) is 0 Å². The molecule has 0 bridgehead atoms.